The first kappa shape index (κ1) is 16.0. The number of nitrogens with one attached hydrogen (secondary N) is 1. The van der Waals surface area contributed by atoms with Crippen molar-refractivity contribution in [1.82, 2.24) is 10.2 Å². The van der Waals surface area contributed by atoms with Crippen LogP contribution in [0.5, 0.6) is 0 Å². The van der Waals surface area contributed by atoms with Crippen LogP contribution < -0.4 is 5.32 Å². The van der Waals surface area contributed by atoms with Crippen LogP contribution >= 0.6 is 0 Å². The van der Waals surface area contributed by atoms with Gasteiger partial charge in [0.05, 0.1) is 6.04 Å². The summed E-state index contributed by atoms with van der Waals surface area (Å²) in [5, 5.41) is 3.12. The Morgan fingerprint density at radius 3 is 2.65 bits per heavy atom. The molecule has 0 aromatic heterocycles. The highest BCUT2D eigenvalue weighted by Crippen LogP contribution is 2.34. The molecule has 1 saturated carbocycles. The van der Waals surface area contributed by atoms with Gasteiger partial charge in [-0.05, 0) is 44.2 Å². The van der Waals surface area contributed by atoms with E-state index >= 15 is 0 Å². The van der Waals surface area contributed by atoms with E-state index in [1.807, 2.05) is 31.2 Å². The van der Waals surface area contributed by atoms with E-state index in [9.17, 15) is 9.59 Å². The zero-order valence-electron chi connectivity index (χ0n) is 14.0. The topological polar surface area (TPSA) is 58.6 Å². The lowest BCUT2D eigenvalue weighted by Crippen LogP contribution is -2.59. The van der Waals surface area contributed by atoms with Gasteiger partial charge in [0, 0.05) is 12.6 Å². The summed E-state index contributed by atoms with van der Waals surface area (Å²) in [7, 11) is 1.74. The number of morpholine rings is 1. The number of carbonyl (C=O) groups excluding carboxylic acids is 2. The van der Waals surface area contributed by atoms with Crippen molar-refractivity contribution in [2.24, 2.45) is 0 Å². The van der Waals surface area contributed by atoms with Gasteiger partial charge < -0.3 is 15.0 Å². The van der Waals surface area contributed by atoms with Crippen LogP contribution in [0.2, 0.25) is 0 Å². The number of nitrogens with zero attached hydrogens (tertiary/aromatic N) is 1. The molecule has 0 bridgehead atoms. The van der Waals surface area contributed by atoms with Crippen LogP contribution in [0.3, 0.4) is 0 Å². The fourth-order valence-electron chi connectivity index (χ4n) is 3.42. The van der Waals surface area contributed by atoms with Gasteiger partial charge in [-0.15, -0.1) is 0 Å². The number of hydrogen-bond acceptors (Lipinski definition) is 3. The van der Waals surface area contributed by atoms with Gasteiger partial charge in [-0.25, -0.2) is 0 Å². The Labute approximate surface area is 137 Å². The Bertz CT molecular complexity index is 624. The highest BCUT2D eigenvalue weighted by Gasteiger charge is 2.43. The predicted molar refractivity (Wildman–Crippen MR) is 86.8 cm³/mol. The SMILES string of the molecule is Cc1ccccc1[C@@H]1[C@@H](C(=O)NC2(C)CCC2)OCC(=O)N1C. The molecular formula is C18H24N2O3. The third kappa shape index (κ3) is 2.98. The molecule has 1 N–H and O–H groups in total. The summed E-state index contributed by atoms with van der Waals surface area (Å²) in [6, 6.07) is 7.45. The van der Waals surface area contributed by atoms with Crippen molar-refractivity contribution in [1.29, 1.82) is 0 Å². The van der Waals surface area contributed by atoms with E-state index in [2.05, 4.69) is 12.2 Å². The minimum atomic E-state index is -0.670. The molecule has 2 aliphatic rings. The third-order valence-corrected chi connectivity index (χ3v) is 5.13. The number of rotatable bonds is 3. The summed E-state index contributed by atoms with van der Waals surface area (Å²) in [6.07, 6.45) is 2.46. The molecule has 5 nitrogen and oxygen atoms in total. The number of hydrogen-bond donors (Lipinski definition) is 1. The molecule has 0 unspecified atom stereocenters. The molecule has 1 aromatic rings. The number of amides is 2. The average Bonchev–Trinajstić information content (AvgIpc) is 2.49. The molecule has 1 aliphatic carbocycles. The normalized spacial score (nSPS) is 26.6. The zero-order chi connectivity index (χ0) is 16.6. The Morgan fingerprint density at radius 1 is 1.35 bits per heavy atom. The van der Waals surface area contributed by atoms with Crippen molar-refractivity contribution in [3.8, 4) is 0 Å². The molecule has 23 heavy (non-hydrogen) atoms. The average molecular weight is 316 g/mol. The molecule has 1 heterocycles. The van der Waals surface area contributed by atoms with Crippen LogP contribution in [0, 0.1) is 6.92 Å². The van der Waals surface area contributed by atoms with Crippen molar-refractivity contribution in [3.63, 3.8) is 0 Å². The van der Waals surface area contributed by atoms with Gasteiger partial charge >= 0.3 is 0 Å². The molecule has 2 atom stereocenters. The van der Waals surface area contributed by atoms with E-state index in [1.54, 1.807) is 11.9 Å². The maximum atomic E-state index is 12.8. The number of benzene rings is 1. The third-order valence-electron chi connectivity index (χ3n) is 5.13. The van der Waals surface area contributed by atoms with E-state index in [1.165, 1.54) is 0 Å². The summed E-state index contributed by atoms with van der Waals surface area (Å²) in [4.78, 5) is 26.5. The monoisotopic (exact) mass is 316 g/mol. The Hall–Kier alpha value is -1.88. The van der Waals surface area contributed by atoms with Crippen LogP contribution in [-0.2, 0) is 14.3 Å². The second-order valence-corrected chi connectivity index (χ2v) is 6.94. The minimum absolute atomic E-state index is 0.0479. The maximum absolute atomic E-state index is 12.8. The number of ether oxygens (including phenoxy) is 1. The largest absolute Gasteiger partial charge is 0.356 e. The summed E-state index contributed by atoms with van der Waals surface area (Å²) >= 11 is 0. The summed E-state index contributed by atoms with van der Waals surface area (Å²) in [6.45, 7) is 4.01. The van der Waals surface area contributed by atoms with Gasteiger partial charge in [0.2, 0.25) is 5.91 Å². The van der Waals surface area contributed by atoms with Crippen LogP contribution in [-0.4, -0.2) is 42.0 Å². The van der Waals surface area contributed by atoms with Gasteiger partial charge in [-0.1, -0.05) is 24.3 Å². The van der Waals surface area contributed by atoms with E-state index < -0.39 is 6.10 Å². The molecule has 0 spiro atoms. The molecule has 5 heteroatoms. The smallest absolute Gasteiger partial charge is 0.252 e. The molecule has 2 fully saturated rings. The van der Waals surface area contributed by atoms with Gasteiger partial charge in [-0.3, -0.25) is 9.59 Å². The summed E-state index contributed by atoms with van der Waals surface area (Å²) in [5.74, 6) is -0.225. The quantitative estimate of drug-likeness (QED) is 0.927. The second kappa shape index (κ2) is 5.96. The van der Waals surface area contributed by atoms with Crippen LogP contribution in [0.1, 0.15) is 43.4 Å². The lowest BCUT2D eigenvalue weighted by Gasteiger charge is -2.43. The van der Waals surface area contributed by atoms with Gasteiger partial charge in [-0.2, -0.15) is 0 Å². The minimum Gasteiger partial charge on any atom is -0.356 e. The molecular weight excluding hydrogens is 292 g/mol. The Balaban J connectivity index is 1.88. The number of likely N-dealkylation sites (N-methyl/N-ethyl adjacent to an activating group) is 1. The van der Waals surface area contributed by atoms with Crippen molar-refractivity contribution >= 4 is 11.8 Å². The van der Waals surface area contributed by atoms with Gasteiger partial charge in [0.1, 0.15) is 6.61 Å². The maximum Gasteiger partial charge on any atom is 0.252 e. The standard InChI is InChI=1S/C18H24N2O3/c1-12-7-4-5-8-13(12)15-16(23-11-14(21)20(15)3)17(22)19-18(2)9-6-10-18/h4-5,7-8,15-16H,6,9-11H2,1-3H3,(H,19,22)/t15-,16+/m1/s1. The van der Waals surface area contributed by atoms with E-state index in [4.69, 9.17) is 4.74 Å². The molecule has 3 rings (SSSR count). The highest BCUT2D eigenvalue weighted by atomic mass is 16.5. The summed E-state index contributed by atoms with van der Waals surface area (Å²) in [5.41, 5.74) is 1.88. The molecule has 124 valence electrons. The molecule has 1 aromatic carbocycles. The Morgan fingerprint density at radius 2 is 2.04 bits per heavy atom. The van der Waals surface area contributed by atoms with Gasteiger partial charge in [0.25, 0.3) is 5.91 Å². The van der Waals surface area contributed by atoms with Crippen LogP contribution in [0.15, 0.2) is 24.3 Å². The van der Waals surface area contributed by atoms with Crippen molar-refractivity contribution in [2.45, 2.75) is 50.8 Å². The van der Waals surface area contributed by atoms with E-state index in [-0.39, 0.29) is 30.0 Å². The zero-order valence-corrected chi connectivity index (χ0v) is 14.0. The molecule has 1 saturated heterocycles. The van der Waals surface area contributed by atoms with Crippen LogP contribution in [0.25, 0.3) is 0 Å². The first-order valence-electron chi connectivity index (χ1n) is 8.16. The number of carbonyl (C=O) groups is 2. The lowest BCUT2D eigenvalue weighted by molar-refractivity contribution is -0.163. The summed E-state index contributed by atoms with van der Waals surface area (Å²) < 4.78 is 5.66. The number of aryl methyl sites for hydroxylation is 1. The lowest BCUT2D eigenvalue weighted by atomic mass is 9.78. The first-order valence-corrected chi connectivity index (χ1v) is 8.16. The second-order valence-electron chi connectivity index (χ2n) is 6.94. The highest BCUT2D eigenvalue weighted by molar-refractivity contribution is 5.87. The predicted octanol–water partition coefficient (Wildman–Crippen LogP) is 1.95. The molecule has 0 radical (unpaired) electrons. The molecule has 1 aliphatic heterocycles. The van der Waals surface area contributed by atoms with Crippen LogP contribution in [0.4, 0.5) is 0 Å². The fraction of sp³-hybridized carbons (Fsp3) is 0.556. The fourth-order valence-corrected chi connectivity index (χ4v) is 3.42. The van der Waals surface area contributed by atoms with E-state index in [0.717, 1.165) is 30.4 Å². The van der Waals surface area contributed by atoms with Crippen molar-refractivity contribution in [3.05, 3.63) is 35.4 Å². The van der Waals surface area contributed by atoms with Crippen molar-refractivity contribution < 1.29 is 14.3 Å². The first-order chi connectivity index (χ1) is 10.9. The molecule has 2 amide bonds. The Kier molecular flexibility index (Phi) is 4.15. The van der Waals surface area contributed by atoms with E-state index in [0.29, 0.717) is 0 Å². The van der Waals surface area contributed by atoms with Gasteiger partial charge in [0.15, 0.2) is 6.10 Å². The van der Waals surface area contributed by atoms with Crippen molar-refractivity contribution in [2.75, 3.05) is 13.7 Å².